The fourth-order valence-electron chi connectivity index (χ4n) is 2.22. The summed E-state index contributed by atoms with van der Waals surface area (Å²) in [4.78, 5) is 11.8. The summed E-state index contributed by atoms with van der Waals surface area (Å²) in [6.07, 6.45) is 5.84. The maximum Gasteiger partial charge on any atom is 0.225 e. The van der Waals surface area contributed by atoms with E-state index in [1.54, 1.807) is 18.2 Å². The first-order valence-corrected chi connectivity index (χ1v) is 8.04. The Labute approximate surface area is 123 Å². The molecule has 1 amide bonds. The molecule has 0 atom stereocenters. The molecule has 5 heteroatoms. The van der Waals surface area contributed by atoms with Gasteiger partial charge in [-0.05, 0) is 31.0 Å². The van der Waals surface area contributed by atoms with Crippen molar-refractivity contribution in [1.82, 2.24) is 0 Å². The van der Waals surface area contributed by atoms with Gasteiger partial charge in [-0.25, -0.2) is 0 Å². The second-order valence-corrected chi connectivity index (χ2v) is 6.63. The zero-order valence-electron chi connectivity index (χ0n) is 10.8. The van der Waals surface area contributed by atoms with Gasteiger partial charge in [-0.3, -0.25) is 4.79 Å². The van der Waals surface area contributed by atoms with Crippen LogP contribution in [0.15, 0.2) is 18.2 Å². The van der Waals surface area contributed by atoms with Crippen LogP contribution in [0.4, 0.5) is 11.4 Å². The largest absolute Gasteiger partial charge is 0.397 e. The highest BCUT2D eigenvalue weighted by Crippen LogP contribution is 2.29. The van der Waals surface area contributed by atoms with Crippen LogP contribution in [0.5, 0.6) is 0 Å². The minimum absolute atomic E-state index is 0.0345. The number of halogens is 1. The summed E-state index contributed by atoms with van der Waals surface area (Å²) in [5.74, 6) is 0.923. The van der Waals surface area contributed by atoms with Crippen molar-refractivity contribution >= 4 is 40.6 Å². The van der Waals surface area contributed by atoms with Gasteiger partial charge < -0.3 is 11.1 Å². The predicted octanol–water partition coefficient (Wildman–Crippen LogP) is 3.93. The summed E-state index contributed by atoms with van der Waals surface area (Å²) in [5, 5.41) is 4.12. The molecule has 0 spiro atoms. The van der Waals surface area contributed by atoms with Gasteiger partial charge in [0.15, 0.2) is 0 Å². The highest BCUT2D eigenvalue weighted by Gasteiger charge is 2.15. The summed E-state index contributed by atoms with van der Waals surface area (Å²) < 4.78 is 0. The highest BCUT2D eigenvalue weighted by atomic mass is 35.5. The fraction of sp³-hybridized carbons (Fsp3) is 0.500. The summed E-state index contributed by atoms with van der Waals surface area (Å²) in [6.45, 7) is 0. The minimum atomic E-state index is 0.0345. The lowest BCUT2D eigenvalue weighted by Crippen LogP contribution is -2.13. The number of carbonyl (C=O) groups is 1. The smallest absolute Gasteiger partial charge is 0.225 e. The summed E-state index contributed by atoms with van der Waals surface area (Å²) in [5.41, 5.74) is 6.88. The number of nitrogens with one attached hydrogen (secondary N) is 1. The van der Waals surface area contributed by atoms with Crippen LogP contribution in [0.3, 0.4) is 0 Å². The van der Waals surface area contributed by atoms with Crippen molar-refractivity contribution in [3.63, 3.8) is 0 Å². The number of hydrogen-bond acceptors (Lipinski definition) is 3. The Morgan fingerprint density at radius 3 is 2.84 bits per heavy atom. The third kappa shape index (κ3) is 4.62. The molecule has 1 fully saturated rings. The van der Waals surface area contributed by atoms with E-state index in [-0.39, 0.29) is 5.91 Å². The number of nitrogen functional groups attached to an aromatic ring is 1. The first kappa shape index (κ1) is 14.5. The molecular weight excluding hydrogens is 280 g/mol. The molecule has 1 saturated carbocycles. The van der Waals surface area contributed by atoms with E-state index in [0.717, 1.165) is 11.0 Å². The average Bonchev–Trinajstić information content (AvgIpc) is 2.87. The minimum Gasteiger partial charge on any atom is -0.397 e. The van der Waals surface area contributed by atoms with E-state index in [1.807, 2.05) is 11.8 Å². The maximum absolute atomic E-state index is 11.8. The Kier molecular flexibility index (Phi) is 5.40. The Bertz CT molecular complexity index is 447. The molecule has 1 aromatic carbocycles. The second kappa shape index (κ2) is 7.06. The van der Waals surface area contributed by atoms with Gasteiger partial charge in [0.05, 0.1) is 10.7 Å². The summed E-state index contributed by atoms with van der Waals surface area (Å²) in [7, 11) is 0. The van der Waals surface area contributed by atoms with Crippen molar-refractivity contribution in [2.24, 2.45) is 0 Å². The molecule has 0 aromatic heterocycles. The molecule has 0 saturated heterocycles. The van der Waals surface area contributed by atoms with Crippen LogP contribution in [0, 0.1) is 0 Å². The Morgan fingerprint density at radius 1 is 1.42 bits per heavy atom. The quantitative estimate of drug-likeness (QED) is 0.810. The number of nitrogens with two attached hydrogens (primary N) is 1. The van der Waals surface area contributed by atoms with Gasteiger partial charge >= 0.3 is 0 Å². The van der Waals surface area contributed by atoms with Gasteiger partial charge in [0.25, 0.3) is 0 Å². The SMILES string of the molecule is Nc1cc(NC(=O)CCSC2CCCC2)ccc1Cl. The van der Waals surface area contributed by atoms with E-state index in [0.29, 0.717) is 22.8 Å². The van der Waals surface area contributed by atoms with E-state index in [4.69, 9.17) is 17.3 Å². The molecule has 3 nitrogen and oxygen atoms in total. The zero-order valence-corrected chi connectivity index (χ0v) is 12.4. The third-order valence-electron chi connectivity index (χ3n) is 3.26. The number of hydrogen-bond donors (Lipinski definition) is 2. The van der Waals surface area contributed by atoms with Gasteiger partial charge in [0.1, 0.15) is 0 Å². The van der Waals surface area contributed by atoms with E-state index >= 15 is 0 Å². The lowest BCUT2D eigenvalue weighted by molar-refractivity contribution is -0.115. The monoisotopic (exact) mass is 298 g/mol. The molecular formula is C14H19ClN2OS. The fourth-order valence-corrected chi connectivity index (χ4v) is 3.64. The number of benzene rings is 1. The standard InChI is InChI=1S/C14H19ClN2OS/c15-12-6-5-10(9-13(12)16)17-14(18)7-8-19-11-3-1-2-4-11/h5-6,9,11H,1-4,7-8,16H2,(H,17,18). The van der Waals surface area contributed by atoms with E-state index in [1.165, 1.54) is 25.7 Å². The van der Waals surface area contributed by atoms with Crippen molar-refractivity contribution < 1.29 is 4.79 Å². The number of carbonyl (C=O) groups excluding carboxylic acids is 1. The molecule has 0 radical (unpaired) electrons. The molecule has 3 N–H and O–H groups in total. The molecule has 1 aromatic rings. The van der Waals surface area contributed by atoms with Gasteiger partial charge in [0, 0.05) is 23.1 Å². The van der Waals surface area contributed by atoms with E-state index in [9.17, 15) is 4.79 Å². The van der Waals surface area contributed by atoms with Crippen LogP contribution < -0.4 is 11.1 Å². The Morgan fingerprint density at radius 2 is 2.16 bits per heavy atom. The number of amides is 1. The summed E-state index contributed by atoms with van der Waals surface area (Å²) >= 11 is 7.75. The van der Waals surface area contributed by atoms with Crippen LogP contribution in [0.1, 0.15) is 32.1 Å². The first-order chi connectivity index (χ1) is 9.15. The van der Waals surface area contributed by atoms with Crippen LogP contribution in [0.2, 0.25) is 5.02 Å². The lowest BCUT2D eigenvalue weighted by Gasteiger charge is -2.09. The number of thioether (sulfide) groups is 1. The molecule has 0 bridgehead atoms. The average molecular weight is 299 g/mol. The van der Waals surface area contributed by atoms with Gasteiger partial charge in [-0.1, -0.05) is 24.4 Å². The van der Waals surface area contributed by atoms with Crippen molar-refractivity contribution in [2.45, 2.75) is 37.4 Å². The van der Waals surface area contributed by atoms with Crippen LogP contribution in [0.25, 0.3) is 0 Å². The molecule has 0 aliphatic heterocycles. The maximum atomic E-state index is 11.8. The number of rotatable bonds is 5. The molecule has 104 valence electrons. The number of anilines is 2. The van der Waals surface area contributed by atoms with Crippen molar-refractivity contribution in [1.29, 1.82) is 0 Å². The molecule has 1 aliphatic rings. The first-order valence-electron chi connectivity index (χ1n) is 6.61. The third-order valence-corrected chi connectivity index (χ3v) is 4.99. The zero-order chi connectivity index (χ0) is 13.7. The summed E-state index contributed by atoms with van der Waals surface area (Å²) in [6, 6.07) is 5.14. The Balaban J connectivity index is 1.72. The Hall–Kier alpha value is -0.870. The van der Waals surface area contributed by atoms with Crippen LogP contribution in [-0.4, -0.2) is 16.9 Å². The van der Waals surface area contributed by atoms with Gasteiger partial charge in [-0.2, -0.15) is 11.8 Å². The molecule has 0 heterocycles. The van der Waals surface area contributed by atoms with Crippen molar-refractivity contribution in [2.75, 3.05) is 16.8 Å². The lowest BCUT2D eigenvalue weighted by atomic mass is 10.2. The van der Waals surface area contributed by atoms with Crippen molar-refractivity contribution in [3.05, 3.63) is 23.2 Å². The van der Waals surface area contributed by atoms with Crippen LogP contribution >= 0.6 is 23.4 Å². The molecule has 2 rings (SSSR count). The normalized spacial score (nSPS) is 15.6. The molecule has 19 heavy (non-hydrogen) atoms. The predicted molar refractivity (Wildman–Crippen MR) is 83.8 cm³/mol. The molecule has 1 aliphatic carbocycles. The highest BCUT2D eigenvalue weighted by molar-refractivity contribution is 7.99. The van der Waals surface area contributed by atoms with Crippen LogP contribution in [-0.2, 0) is 4.79 Å². The molecule has 0 unspecified atom stereocenters. The van der Waals surface area contributed by atoms with Gasteiger partial charge in [0.2, 0.25) is 5.91 Å². The second-order valence-electron chi connectivity index (χ2n) is 4.81. The van der Waals surface area contributed by atoms with E-state index in [2.05, 4.69) is 5.32 Å². The van der Waals surface area contributed by atoms with Gasteiger partial charge in [-0.15, -0.1) is 0 Å². The topological polar surface area (TPSA) is 55.1 Å². The van der Waals surface area contributed by atoms with Crippen molar-refractivity contribution in [3.8, 4) is 0 Å². The van der Waals surface area contributed by atoms with E-state index < -0.39 is 0 Å².